The fourth-order valence-corrected chi connectivity index (χ4v) is 5.24. The van der Waals surface area contributed by atoms with Crippen molar-refractivity contribution >= 4 is 21.6 Å². The standard InChI is InChI=1S/C27H32N2O3S/c1-6-26(23-11-7-19(2)8-12-23)28-27(30)18-29(24-16-21(4)15-22(5)17-24)33(31,32)25-13-9-20(3)10-14-25/h7-17,26H,6,18H2,1-5H3,(H,28,30)/t26-/m1/s1. The summed E-state index contributed by atoms with van der Waals surface area (Å²) in [5, 5.41) is 3.02. The normalized spacial score (nSPS) is 12.3. The molecule has 1 N–H and O–H groups in total. The van der Waals surface area contributed by atoms with Gasteiger partial charge in [-0.25, -0.2) is 8.42 Å². The Morgan fingerprint density at radius 1 is 0.818 bits per heavy atom. The number of hydrogen-bond donors (Lipinski definition) is 1. The van der Waals surface area contributed by atoms with Crippen molar-refractivity contribution in [1.29, 1.82) is 0 Å². The van der Waals surface area contributed by atoms with E-state index >= 15 is 0 Å². The van der Waals surface area contributed by atoms with Crippen molar-refractivity contribution in [2.24, 2.45) is 0 Å². The van der Waals surface area contributed by atoms with Crippen LogP contribution in [0.15, 0.2) is 71.6 Å². The van der Waals surface area contributed by atoms with Gasteiger partial charge in [-0.15, -0.1) is 0 Å². The van der Waals surface area contributed by atoms with E-state index in [-0.39, 0.29) is 23.4 Å². The number of carbonyl (C=O) groups is 1. The van der Waals surface area contributed by atoms with Crippen LogP contribution < -0.4 is 9.62 Å². The lowest BCUT2D eigenvalue weighted by atomic mass is 10.0. The van der Waals surface area contributed by atoms with E-state index in [0.717, 1.165) is 27.8 Å². The first-order valence-corrected chi connectivity index (χ1v) is 12.6. The molecule has 0 aliphatic heterocycles. The van der Waals surface area contributed by atoms with Gasteiger partial charge in [-0.1, -0.05) is 60.5 Å². The third kappa shape index (κ3) is 6.02. The lowest BCUT2D eigenvalue weighted by Gasteiger charge is -2.26. The molecular weight excluding hydrogens is 432 g/mol. The molecule has 0 aliphatic carbocycles. The minimum atomic E-state index is -3.94. The van der Waals surface area contributed by atoms with Crippen LogP contribution in [0.4, 0.5) is 5.69 Å². The van der Waals surface area contributed by atoms with Gasteiger partial charge in [0.25, 0.3) is 10.0 Å². The number of rotatable bonds is 8. The summed E-state index contributed by atoms with van der Waals surface area (Å²) < 4.78 is 28.4. The topological polar surface area (TPSA) is 66.5 Å². The van der Waals surface area contributed by atoms with E-state index in [1.54, 1.807) is 36.4 Å². The average molecular weight is 465 g/mol. The van der Waals surface area contributed by atoms with E-state index in [1.807, 2.05) is 65.0 Å². The third-order valence-corrected chi connectivity index (χ3v) is 7.40. The molecule has 3 aromatic rings. The molecule has 0 unspecified atom stereocenters. The minimum Gasteiger partial charge on any atom is -0.348 e. The van der Waals surface area contributed by atoms with Crippen LogP contribution >= 0.6 is 0 Å². The zero-order valence-corrected chi connectivity index (χ0v) is 20.7. The molecule has 174 valence electrons. The zero-order chi connectivity index (χ0) is 24.2. The van der Waals surface area contributed by atoms with E-state index in [9.17, 15) is 13.2 Å². The smallest absolute Gasteiger partial charge is 0.264 e. The van der Waals surface area contributed by atoms with Gasteiger partial charge in [0.05, 0.1) is 16.6 Å². The van der Waals surface area contributed by atoms with Crippen molar-refractivity contribution in [3.63, 3.8) is 0 Å². The molecule has 0 aliphatic rings. The number of aryl methyl sites for hydroxylation is 4. The first-order chi connectivity index (χ1) is 15.6. The van der Waals surface area contributed by atoms with Gasteiger partial charge in [-0.2, -0.15) is 0 Å². The highest BCUT2D eigenvalue weighted by Crippen LogP contribution is 2.26. The predicted molar refractivity (Wildman–Crippen MR) is 134 cm³/mol. The molecule has 6 heteroatoms. The van der Waals surface area contributed by atoms with Crippen LogP contribution in [0.3, 0.4) is 0 Å². The second-order valence-electron chi connectivity index (χ2n) is 8.61. The van der Waals surface area contributed by atoms with Crippen molar-refractivity contribution in [3.05, 3.63) is 94.5 Å². The number of nitrogens with zero attached hydrogens (tertiary/aromatic N) is 1. The Morgan fingerprint density at radius 2 is 1.33 bits per heavy atom. The largest absolute Gasteiger partial charge is 0.348 e. The summed E-state index contributed by atoms with van der Waals surface area (Å²) in [4.78, 5) is 13.3. The molecule has 1 amide bonds. The molecule has 0 saturated heterocycles. The van der Waals surface area contributed by atoms with Gasteiger partial charge < -0.3 is 5.32 Å². The second kappa shape index (κ2) is 10.2. The van der Waals surface area contributed by atoms with Gasteiger partial charge in [0.15, 0.2) is 0 Å². The Labute approximate surface area is 197 Å². The average Bonchev–Trinajstić information content (AvgIpc) is 2.76. The van der Waals surface area contributed by atoms with Crippen LogP contribution in [0.2, 0.25) is 0 Å². The van der Waals surface area contributed by atoms with E-state index in [1.165, 1.54) is 4.31 Å². The molecular formula is C27H32N2O3S. The van der Waals surface area contributed by atoms with Gasteiger partial charge in [-0.3, -0.25) is 9.10 Å². The van der Waals surface area contributed by atoms with Crippen LogP contribution in [0, 0.1) is 27.7 Å². The van der Waals surface area contributed by atoms with E-state index in [0.29, 0.717) is 12.1 Å². The third-order valence-electron chi connectivity index (χ3n) is 5.61. The molecule has 0 aromatic heterocycles. The van der Waals surface area contributed by atoms with Crippen molar-refractivity contribution in [2.45, 2.75) is 52.0 Å². The summed E-state index contributed by atoms with van der Waals surface area (Å²) >= 11 is 0. The zero-order valence-electron chi connectivity index (χ0n) is 19.9. The molecule has 0 spiro atoms. The Balaban J connectivity index is 1.94. The van der Waals surface area contributed by atoms with Gasteiger partial charge >= 0.3 is 0 Å². The Kier molecular flexibility index (Phi) is 7.59. The van der Waals surface area contributed by atoms with Crippen LogP contribution in [0.1, 0.15) is 47.2 Å². The molecule has 0 heterocycles. The molecule has 33 heavy (non-hydrogen) atoms. The molecule has 5 nitrogen and oxygen atoms in total. The fraction of sp³-hybridized carbons (Fsp3) is 0.296. The molecule has 0 fully saturated rings. The quantitative estimate of drug-likeness (QED) is 0.486. The van der Waals surface area contributed by atoms with Gasteiger partial charge in [0.1, 0.15) is 6.54 Å². The van der Waals surface area contributed by atoms with Crippen LogP contribution in [-0.4, -0.2) is 20.9 Å². The lowest BCUT2D eigenvalue weighted by molar-refractivity contribution is -0.120. The molecule has 1 atom stereocenters. The summed E-state index contributed by atoms with van der Waals surface area (Å²) in [6.07, 6.45) is 0.697. The van der Waals surface area contributed by atoms with Gasteiger partial charge in [-0.05, 0) is 75.1 Å². The number of anilines is 1. The van der Waals surface area contributed by atoms with Crippen molar-refractivity contribution in [1.82, 2.24) is 5.32 Å². The first-order valence-electron chi connectivity index (χ1n) is 11.1. The van der Waals surface area contributed by atoms with E-state index < -0.39 is 10.0 Å². The summed E-state index contributed by atoms with van der Waals surface area (Å²) in [5.41, 5.74) is 5.45. The maximum atomic E-state index is 13.6. The maximum Gasteiger partial charge on any atom is 0.264 e. The number of benzene rings is 3. The fourth-order valence-electron chi connectivity index (χ4n) is 3.84. The van der Waals surface area contributed by atoms with Gasteiger partial charge in [0, 0.05) is 0 Å². The summed E-state index contributed by atoms with van der Waals surface area (Å²) in [5.74, 6) is -0.350. The van der Waals surface area contributed by atoms with Crippen molar-refractivity contribution in [3.8, 4) is 0 Å². The summed E-state index contributed by atoms with van der Waals surface area (Å²) in [6.45, 7) is 9.44. The molecule has 0 bridgehead atoms. The van der Waals surface area contributed by atoms with E-state index in [2.05, 4.69) is 5.32 Å². The second-order valence-corrected chi connectivity index (χ2v) is 10.5. The van der Waals surface area contributed by atoms with Gasteiger partial charge in [0.2, 0.25) is 5.91 Å². The number of hydrogen-bond acceptors (Lipinski definition) is 3. The summed E-state index contributed by atoms with van der Waals surface area (Å²) in [7, 11) is -3.94. The Morgan fingerprint density at radius 3 is 1.85 bits per heavy atom. The molecule has 3 rings (SSSR count). The predicted octanol–water partition coefficient (Wildman–Crippen LogP) is 5.38. The molecule has 3 aromatic carbocycles. The molecule has 0 radical (unpaired) electrons. The summed E-state index contributed by atoms with van der Waals surface area (Å²) in [6, 6.07) is 20.1. The number of nitrogens with one attached hydrogen (secondary N) is 1. The first kappa shape index (κ1) is 24.5. The highest BCUT2D eigenvalue weighted by Gasteiger charge is 2.28. The molecule has 0 saturated carbocycles. The minimum absolute atomic E-state index is 0.158. The highest BCUT2D eigenvalue weighted by atomic mass is 32.2. The van der Waals surface area contributed by atoms with Crippen LogP contribution in [0.25, 0.3) is 0 Å². The Bertz CT molecular complexity index is 1200. The maximum absolute atomic E-state index is 13.6. The van der Waals surface area contributed by atoms with Crippen LogP contribution in [0.5, 0.6) is 0 Å². The highest BCUT2D eigenvalue weighted by molar-refractivity contribution is 7.92. The van der Waals surface area contributed by atoms with Crippen molar-refractivity contribution < 1.29 is 13.2 Å². The SMILES string of the molecule is CC[C@@H](NC(=O)CN(c1cc(C)cc(C)c1)S(=O)(=O)c1ccc(C)cc1)c1ccc(C)cc1. The van der Waals surface area contributed by atoms with E-state index in [4.69, 9.17) is 0 Å². The number of amides is 1. The lowest BCUT2D eigenvalue weighted by Crippen LogP contribution is -2.42. The van der Waals surface area contributed by atoms with Crippen LogP contribution in [-0.2, 0) is 14.8 Å². The number of carbonyl (C=O) groups excluding carboxylic acids is 1. The number of sulfonamides is 1. The van der Waals surface area contributed by atoms with Crippen molar-refractivity contribution in [2.75, 3.05) is 10.8 Å². The Hall–Kier alpha value is -3.12. The monoisotopic (exact) mass is 464 g/mol.